The quantitative estimate of drug-likeness (QED) is 0.500. The number of sulfone groups is 1. The molecular formula is C18H11F8N3O3S. The second-order valence-corrected chi connectivity index (χ2v) is 8.93. The highest BCUT2D eigenvalue weighted by molar-refractivity contribution is 7.91. The molecule has 0 bridgehead atoms. The third-order valence-electron chi connectivity index (χ3n) is 4.58. The van der Waals surface area contributed by atoms with Gasteiger partial charge in [-0.25, -0.2) is 13.4 Å². The Bertz CT molecular complexity index is 1400. The van der Waals surface area contributed by atoms with Crippen molar-refractivity contribution in [1.29, 1.82) is 0 Å². The maximum absolute atomic E-state index is 13.7. The summed E-state index contributed by atoms with van der Waals surface area (Å²) in [5.74, 6) is -6.87. The molecule has 1 aromatic carbocycles. The Morgan fingerprint density at radius 2 is 1.58 bits per heavy atom. The van der Waals surface area contributed by atoms with Crippen LogP contribution in [-0.2, 0) is 21.9 Å². The standard InChI is InChI=1S/C18H11F8N3O3S/c1-2-33(31,32)13-6-11(17(21,22)23)8-27-14(13)29-15(30)12-5-10(4-3-9(12)7-28-29)16(19,20)18(24,25)26/h3-8H,2H2,1H3. The van der Waals surface area contributed by atoms with Crippen molar-refractivity contribution in [3.05, 3.63) is 58.1 Å². The van der Waals surface area contributed by atoms with E-state index in [1.807, 2.05) is 0 Å². The van der Waals surface area contributed by atoms with Crippen molar-refractivity contribution in [3.63, 3.8) is 0 Å². The van der Waals surface area contributed by atoms with Crippen LogP contribution in [0.3, 0.4) is 0 Å². The molecule has 0 fully saturated rings. The van der Waals surface area contributed by atoms with Crippen LogP contribution in [0.15, 0.2) is 46.3 Å². The molecule has 2 heterocycles. The molecular weight excluding hydrogens is 490 g/mol. The zero-order valence-electron chi connectivity index (χ0n) is 16.2. The van der Waals surface area contributed by atoms with E-state index in [9.17, 15) is 48.3 Å². The van der Waals surface area contributed by atoms with Gasteiger partial charge in [0.05, 0.1) is 22.9 Å². The Hall–Kier alpha value is -3.10. The van der Waals surface area contributed by atoms with E-state index in [1.165, 1.54) is 0 Å². The van der Waals surface area contributed by atoms with Crippen LogP contribution in [-0.4, -0.2) is 35.1 Å². The fourth-order valence-electron chi connectivity index (χ4n) is 2.79. The number of rotatable bonds is 4. The number of fused-ring (bicyclic) bond motifs is 1. The number of hydrogen-bond donors (Lipinski definition) is 0. The van der Waals surface area contributed by atoms with Crippen LogP contribution in [0.25, 0.3) is 16.6 Å². The Balaban J connectivity index is 2.33. The maximum atomic E-state index is 13.7. The first kappa shape index (κ1) is 24.5. The van der Waals surface area contributed by atoms with Crippen LogP contribution in [0.2, 0.25) is 0 Å². The molecule has 0 N–H and O–H groups in total. The molecule has 0 amide bonds. The van der Waals surface area contributed by atoms with Crippen LogP contribution in [0.5, 0.6) is 0 Å². The lowest BCUT2D eigenvalue weighted by Gasteiger charge is -2.20. The first-order valence-electron chi connectivity index (χ1n) is 8.78. The number of benzene rings is 1. The van der Waals surface area contributed by atoms with Gasteiger partial charge in [0, 0.05) is 17.1 Å². The van der Waals surface area contributed by atoms with Gasteiger partial charge >= 0.3 is 18.3 Å². The van der Waals surface area contributed by atoms with E-state index in [4.69, 9.17) is 0 Å². The van der Waals surface area contributed by atoms with Crippen molar-refractivity contribution in [2.75, 3.05) is 5.75 Å². The Morgan fingerprint density at radius 1 is 0.939 bits per heavy atom. The lowest BCUT2D eigenvalue weighted by atomic mass is 10.0. The van der Waals surface area contributed by atoms with Crippen LogP contribution >= 0.6 is 0 Å². The molecule has 2 aromatic heterocycles. The summed E-state index contributed by atoms with van der Waals surface area (Å²) in [5, 5.41) is 2.71. The van der Waals surface area contributed by atoms with E-state index >= 15 is 0 Å². The van der Waals surface area contributed by atoms with Crippen LogP contribution in [0.1, 0.15) is 18.1 Å². The maximum Gasteiger partial charge on any atom is 0.458 e. The van der Waals surface area contributed by atoms with Gasteiger partial charge in [0.25, 0.3) is 5.56 Å². The smallest absolute Gasteiger partial charge is 0.267 e. The molecule has 0 radical (unpaired) electrons. The van der Waals surface area contributed by atoms with Crippen molar-refractivity contribution in [1.82, 2.24) is 14.8 Å². The highest BCUT2D eigenvalue weighted by Crippen LogP contribution is 2.44. The molecule has 0 unspecified atom stereocenters. The van der Waals surface area contributed by atoms with E-state index < -0.39 is 66.7 Å². The summed E-state index contributed by atoms with van der Waals surface area (Å²) in [7, 11) is -4.41. The first-order valence-corrected chi connectivity index (χ1v) is 10.4. The topological polar surface area (TPSA) is 81.9 Å². The molecule has 0 aliphatic heterocycles. The van der Waals surface area contributed by atoms with Gasteiger partial charge in [0.15, 0.2) is 15.7 Å². The largest absolute Gasteiger partial charge is 0.458 e. The molecule has 3 rings (SSSR count). The average molecular weight is 501 g/mol. The number of alkyl halides is 8. The normalized spacial score (nSPS) is 13.5. The van der Waals surface area contributed by atoms with E-state index in [0.29, 0.717) is 6.07 Å². The molecule has 0 saturated carbocycles. The second-order valence-electron chi connectivity index (χ2n) is 6.68. The summed E-state index contributed by atoms with van der Waals surface area (Å²) in [5.41, 5.74) is -4.38. The number of halogens is 8. The summed E-state index contributed by atoms with van der Waals surface area (Å²) in [6, 6.07) is 1.69. The fraction of sp³-hybridized carbons (Fsp3) is 0.278. The molecule has 0 aliphatic carbocycles. The van der Waals surface area contributed by atoms with E-state index in [0.717, 1.165) is 19.2 Å². The molecule has 15 heteroatoms. The Labute approximate surface area is 179 Å². The zero-order valence-corrected chi connectivity index (χ0v) is 17.0. The third kappa shape index (κ3) is 4.28. The fourth-order valence-corrected chi connectivity index (χ4v) is 3.82. The van der Waals surface area contributed by atoms with Crippen LogP contribution < -0.4 is 5.56 Å². The predicted molar refractivity (Wildman–Crippen MR) is 97.8 cm³/mol. The van der Waals surface area contributed by atoms with Gasteiger partial charge in [-0.15, -0.1) is 0 Å². The molecule has 0 aliphatic rings. The summed E-state index contributed by atoms with van der Waals surface area (Å²) in [6.07, 6.45) is -9.88. The van der Waals surface area contributed by atoms with Crippen molar-refractivity contribution < 1.29 is 43.5 Å². The van der Waals surface area contributed by atoms with Gasteiger partial charge in [-0.05, 0) is 12.1 Å². The van der Waals surface area contributed by atoms with Crippen molar-refractivity contribution in [3.8, 4) is 5.82 Å². The van der Waals surface area contributed by atoms with Crippen molar-refractivity contribution >= 4 is 20.6 Å². The van der Waals surface area contributed by atoms with Crippen LogP contribution in [0, 0.1) is 0 Å². The van der Waals surface area contributed by atoms with Gasteiger partial charge in [-0.1, -0.05) is 19.1 Å². The zero-order chi connectivity index (χ0) is 25.0. The molecule has 0 atom stereocenters. The number of hydrogen-bond acceptors (Lipinski definition) is 5. The van der Waals surface area contributed by atoms with E-state index in [-0.39, 0.29) is 28.4 Å². The molecule has 178 valence electrons. The molecule has 3 aromatic rings. The Morgan fingerprint density at radius 3 is 2.12 bits per heavy atom. The summed E-state index contributed by atoms with van der Waals surface area (Å²) < 4.78 is 130. The minimum Gasteiger partial charge on any atom is -0.267 e. The van der Waals surface area contributed by atoms with Gasteiger partial charge in [0.2, 0.25) is 0 Å². The monoisotopic (exact) mass is 501 g/mol. The number of nitrogens with zero attached hydrogens (tertiary/aromatic N) is 3. The molecule has 0 saturated heterocycles. The average Bonchev–Trinajstić information content (AvgIpc) is 2.72. The summed E-state index contributed by atoms with van der Waals surface area (Å²) in [6.45, 7) is 1.11. The summed E-state index contributed by atoms with van der Waals surface area (Å²) in [4.78, 5) is 15.2. The van der Waals surface area contributed by atoms with Gasteiger partial charge in [-0.2, -0.15) is 44.9 Å². The molecule has 33 heavy (non-hydrogen) atoms. The van der Waals surface area contributed by atoms with Crippen LogP contribution in [0.4, 0.5) is 35.1 Å². The van der Waals surface area contributed by atoms with E-state index in [2.05, 4.69) is 10.1 Å². The van der Waals surface area contributed by atoms with Gasteiger partial charge in [-0.3, -0.25) is 4.79 Å². The van der Waals surface area contributed by atoms with Gasteiger partial charge < -0.3 is 0 Å². The lowest BCUT2D eigenvalue weighted by Crippen LogP contribution is -2.34. The highest BCUT2D eigenvalue weighted by atomic mass is 32.2. The number of pyridine rings is 1. The van der Waals surface area contributed by atoms with E-state index in [1.54, 1.807) is 0 Å². The number of aromatic nitrogens is 3. The lowest BCUT2D eigenvalue weighted by molar-refractivity contribution is -0.289. The highest BCUT2D eigenvalue weighted by Gasteiger charge is 2.58. The predicted octanol–water partition coefficient (Wildman–Crippen LogP) is 4.25. The minimum atomic E-state index is -5.97. The van der Waals surface area contributed by atoms with Crippen molar-refractivity contribution in [2.24, 2.45) is 0 Å². The Kier molecular flexibility index (Phi) is 5.76. The first-order chi connectivity index (χ1) is 15.0. The van der Waals surface area contributed by atoms with Crippen molar-refractivity contribution in [2.45, 2.75) is 30.1 Å². The van der Waals surface area contributed by atoms with Gasteiger partial charge in [0.1, 0.15) is 4.90 Å². The third-order valence-corrected chi connectivity index (χ3v) is 6.31. The molecule has 0 spiro atoms. The molecule has 6 nitrogen and oxygen atoms in total. The SMILES string of the molecule is CCS(=O)(=O)c1cc(C(F)(F)F)cnc1-n1ncc2ccc(C(F)(F)C(F)(F)F)cc2c1=O. The second kappa shape index (κ2) is 7.74. The minimum absolute atomic E-state index is 0.176. The summed E-state index contributed by atoms with van der Waals surface area (Å²) >= 11 is 0.